The van der Waals surface area contributed by atoms with Crippen LogP contribution in [0.1, 0.15) is 43.6 Å². The van der Waals surface area contributed by atoms with Gasteiger partial charge in [0.1, 0.15) is 5.75 Å². The summed E-state index contributed by atoms with van der Waals surface area (Å²) in [5, 5.41) is 0. The number of hydrogen-bond donors (Lipinski definition) is 1. The van der Waals surface area contributed by atoms with Gasteiger partial charge >= 0.3 is 0 Å². The zero-order chi connectivity index (χ0) is 23.5. The Labute approximate surface area is 185 Å². The van der Waals surface area contributed by atoms with E-state index in [1.165, 1.54) is 4.90 Å². The van der Waals surface area contributed by atoms with Gasteiger partial charge in [0.25, 0.3) is 6.43 Å². The summed E-state index contributed by atoms with van der Waals surface area (Å²) in [6.07, 6.45) is -1.24. The molecule has 1 aromatic carbocycles. The lowest BCUT2D eigenvalue weighted by Gasteiger charge is -2.35. The van der Waals surface area contributed by atoms with E-state index in [0.29, 0.717) is 30.7 Å². The lowest BCUT2D eigenvalue weighted by atomic mass is 9.83. The van der Waals surface area contributed by atoms with Gasteiger partial charge in [-0.2, -0.15) is 0 Å². The quantitative estimate of drug-likeness (QED) is 0.579. The molecule has 0 radical (unpaired) electrons. The summed E-state index contributed by atoms with van der Waals surface area (Å²) < 4.78 is 84.3. The van der Waals surface area contributed by atoms with Crippen LogP contribution in [0.25, 0.3) is 0 Å². The van der Waals surface area contributed by atoms with Gasteiger partial charge in [0.2, 0.25) is 21.9 Å². The average Bonchev–Trinajstić information content (AvgIpc) is 2.69. The highest BCUT2D eigenvalue weighted by molar-refractivity contribution is 7.88. The number of benzene rings is 1. The Kier molecular flexibility index (Phi) is 7.69. The van der Waals surface area contributed by atoms with Crippen LogP contribution < -0.4 is 9.46 Å². The number of carbonyl (C=O) groups excluding carboxylic acids is 1. The highest BCUT2D eigenvalue weighted by atomic mass is 32.2. The van der Waals surface area contributed by atoms with E-state index < -0.39 is 53.2 Å². The van der Waals surface area contributed by atoms with Gasteiger partial charge in [-0.1, -0.05) is 12.1 Å². The number of rotatable bonds is 8. The van der Waals surface area contributed by atoms with Gasteiger partial charge in [-0.15, -0.1) is 0 Å². The first kappa shape index (κ1) is 24.8. The van der Waals surface area contributed by atoms with Gasteiger partial charge in [-0.25, -0.2) is 30.7 Å². The van der Waals surface area contributed by atoms with E-state index in [-0.39, 0.29) is 25.4 Å². The maximum Gasteiger partial charge on any atom is 0.255 e. The number of sulfonamides is 1. The Balaban J connectivity index is 1.62. The molecule has 1 unspecified atom stereocenters. The van der Waals surface area contributed by atoms with Gasteiger partial charge < -0.3 is 9.64 Å². The predicted molar refractivity (Wildman–Crippen MR) is 111 cm³/mol. The van der Waals surface area contributed by atoms with E-state index in [0.717, 1.165) is 6.26 Å². The summed E-state index contributed by atoms with van der Waals surface area (Å²) in [5.74, 6) is -4.01. The third-order valence-electron chi connectivity index (χ3n) is 5.95. The van der Waals surface area contributed by atoms with Crippen molar-refractivity contribution < 1.29 is 35.5 Å². The number of amides is 1. The molecule has 1 saturated carbocycles. The number of alkyl halides is 4. The molecule has 6 nitrogen and oxygen atoms in total. The molecule has 1 heterocycles. The first-order chi connectivity index (χ1) is 14.9. The number of piperidine rings is 1. The first-order valence-electron chi connectivity index (χ1n) is 10.6. The minimum absolute atomic E-state index is 0.0198. The molecule has 1 N–H and O–H groups in total. The second kappa shape index (κ2) is 9.94. The summed E-state index contributed by atoms with van der Waals surface area (Å²) in [4.78, 5) is 13.7. The summed E-state index contributed by atoms with van der Waals surface area (Å²) >= 11 is 0. The third-order valence-corrected chi connectivity index (χ3v) is 6.68. The number of ether oxygens (including phenoxy) is 1. The number of hydrogen-bond acceptors (Lipinski definition) is 4. The summed E-state index contributed by atoms with van der Waals surface area (Å²) in [6.45, 7) is -0.354. The van der Waals surface area contributed by atoms with Gasteiger partial charge in [0.15, 0.2) is 0 Å². The standard InChI is InChI=1S/C21H28F4N2O4S/c1-32(29,30)26-18-8-9-21(24,25)11-15(18)13-31-16-6-4-14(5-7-16)17-3-2-10-27(20(17)28)12-19(22)23/h4-7,15,17-19,26H,2-3,8-13H2,1H3/t15-,17?,18-/m0/s1. The molecule has 1 saturated heterocycles. The zero-order valence-corrected chi connectivity index (χ0v) is 18.6. The van der Waals surface area contributed by atoms with Crippen molar-refractivity contribution in [1.29, 1.82) is 0 Å². The van der Waals surface area contributed by atoms with Crippen LogP contribution in [0.4, 0.5) is 17.6 Å². The van der Waals surface area contributed by atoms with E-state index in [4.69, 9.17) is 4.74 Å². The highest BCUT2D eigenvalue weighted by Crippen LogP contribution is 2.37. The average molecular weight is 481 g/mol. The summed E-state index contributed by atoms with van der Waals surface area (Å²) in [7, 11) is -3.55. The monoisotopic (exact) mass is 480 g/mol. The van der Waals surface area contributed by atoms with Crippen molar-refractivity contribution in [2.75, 3.05) is 26.0 Å². The van der Waals surface area contributed by atoms with Crippen LogP contribution in [0.15, 0.2) is 24.3 Å². The molecule has 3 rings (SSSR count). The van der Waals surface area contributed by atoms with Crippen molar-refractivity contribution in [2.45, 2.75) is 56.4 Å². The number of nitrogens with one attached hydrogen (secondary N) is 1. The smallest absolute Gasteiger partial charge is 0.255 e. The molecule has 1 aromatic rings. The zero-order valence-electron chi connectivity index (χ0n) is 17.8. The highest BCUT2D eigenvalue weighted by Gasteiger charge is 2.42. The first-order valence-corrected chi connectivity index (χ1v) is 12.5. The van der Waals surface area contributed by atoms with E-state index >= 15 is 0 Å². The van der Waals surface area contributed by atoms with E-state index in [1.807, 2.05) is 0 Å². The molecule has 2 aliphatic rings. The molecule has 1 aliphatic carbocycles. The Hall–Kier alpha value is -1.88. The Morgan fingerprint density at radius 1 is 1.22 bits per heavy atom. The SMILES string of the molecule is CS(=O)(=O)N[C@H]1CCC(F)(F)C[C@H]1COc1ccc(C2CCCN(CC(F)F)C2=O)cc1. The minimum atomic E-state index is -3.55. The summed E-state index contributed by atoms with van der Waals surface area (Å²) in [6, 6.07) is 5.92. The van der Waals surface area contributed by atoms with Crippen molar-refractivity contribution in [3.05, 3.63) is 29.8 Å². The minimum Gasteiger partial charge on any atom is -0.493 e. The van der Waals surface area contributed by atoms with Crippen molar-refractivity contribution in [3.63, 3.8) is 0 Å². The lowest BCUT2D eigenvalue weighted by Crippen LogP contribution is -2.48. The lowest BCUT2D eigenvalue weighted by molar-refractivity contribution is -0.137. The van der Waals surface area contributed by atoms with Crippen molar-refractivity contribution in [3.8, 4) is 5.75 Å². The molecule has 32 heavy (non-hydrogen) atoms. The van der Waals surface area contributed by atoms with Crippen molar-refractivity contribution >= 4 is 15.9 Å². The van der Waals surface area contributed by atoms with Gasteiger partial charge in [-0.05, 0) is 37.0 Å². The van der Waals surface area contributed by atoms with E-state index in [1.54, 1.807) is 24.3 Å². The third kappa shape index (κ3) is 6.81. The number of carbonyl (C=O) groups is 1. The van der Waals surface area contributed by atoms with E-state index in [9.17, 15) is 30.8 Å². The van der Waals surface area contributed by atoms with Crippen LogP contribution >= 0.6 is 0 Å². The molecular formula is C21H28F4N2O4S. The second-order valence-electron chi connectivity index (χ2n) is 8.61. The van der Waals surface area contributed by atoms with Gasteiger partial charge in [0.05, 0.1) is 25.3 Å². The van der Waals surface area contributed by atoms with Crippen LogP contribution in [-0.2, 0) is 14.8 Å². The number of halogens is 4. The molecule has 0 spiro atoms. The number of likely N-dealkylation sites (tertiary alicyclic amines) is 1. The fraction of sp³-hybridized carbons (Fsp3) is 0.667. The number of nitrogens with zero attached hydrogens (tertiary/aromatic N) is 1. The van der Waals surface area contributed by atoms with Crippen LogP contribution in [-0.4, -0.2) is 63.6 Å². The second-order valence-corrected chi connectivity index (χ2v) is 10.4. The maximum atomic E-state index is 13.9. The summed E-state index contributed by atoms with van der Waals surface area (Å²) in [5.41, 5.74) is 0.683. The predicted octanol–water partition coefficient (Wildman–Crippen LogP) is 3.39. The normalized spacial score (nSPS) is 26.4. The maximum absolute atomic E-state index is 13.9. The molecule has 2 fully saturated rings. The molecule has 0 aromatic heterocycles. The molecule has 1 amide bonds. The molecular weight excluding hydrogens is 452 g/mol. The van der Waals surface area contributed by atoms with Gasteiger partial charge in [-0.3, -0.25) is 4.79 Å². The molecule has 180 valence electrons. The van der Waals surface area contributed by atoms with Crippen LogP contribution in [0.2, 0.25) is 0 Å². The Bertz CT molecular complexity index is 896. The van der Waals surface area contributed by atoms with Crippen LogP contribution in [0, 0.1) is 5.92 Å². The largest absolute Gasteiger partial charge is 0.493 e. The molecule has 0 bridgehead atoms. The fourth-order valence-electron chi connectivity index (χ4n) is 4.43. The molecule has 1 aliphatic heterocycles. The van der Waals surface area contributed by atoms with Crippen molar-refractivity contribution in [1.82, 2.24) is 9.62 Å². The van der Waals surface area contributed by atoms with Crippen LogP contribution in [0.5, 0.6) is 5.75 Å². The fourth-order valence-corrected chi connectivity index (χ4v) is 5.29. The molecule has 11 heteroatoms. The van der Waals surface area contributed by atoms with Crippen molar-refractivity contribution in [2.24, 2.45) is 5.92 Å². The van der Waals surface area contributed by atoms with E-state index in [2.05, 4.69) is 4.72 Å². The topological polar surface area (TPSA) is 75.7 Å². The Morgan fingerprint density at radius 3 is 2.53 bits per heavy atom. The van der Waals surface area contributed by atoms with Crippen LogP contribution in [0.3, 0.4) is 0 Å². The molecule has 3 atom stereocenters. The Morgan fingerprint density at radius 2 is 1.91 bits per heavy atom. The van der Waals surface area contributed by atoms with Gasteiger partial charge in [0, 0.05) is 31.3 Å².